The molecule has 2 aromatic carbocycles. The molecule has 10 atom stereocenters. The number of fused-ring (bicyclic) bond motifs is 5. The molecule has 1 fully saturated rings. The molecule has 2 aliphatic rings. The zero-order valence-electron chi connectivity index (χ0n) is 31.8. The van der Waals surface area contributed by atoms with Crippen LogP contribution in [0.3, 0.4) is 0 Å². The number of nitrogens with one attached hydrogen (secondary N) is 1. The minimum Gasteiger partial charge on any atom is -0.459 e. The maximum absolute atomic E-state index is 13.2. The van der Waals surface area contributed by atoms with Gasteiger partial charge in [0.1, 0.15) is 35.0 Å². The van der Waals surface area contributed by atoms with Gasteiger partial charge in [0.25, 0.3) is 0 Å². The summed E-state index contributed by atoms with van der Waals surface area (Å²) in [6.45, 7) is 13.4. The molecule has 13 heteroatoms. The molecule has 1 aromatic heterocycles. The highest BCUT2D eigenvalue weighted by atomic mass is 35.5. The zero-order chi connectivity index (χ0) is 38.8. The van der Waals surface area contributed by atoms with Gasteiger partial charge in [-0.25, -0.2) is 4.98 Å². The van der Waals surface area contributed by atoms with E-state index in [0.29, 0.717) is 72.0 Å². The predicted octanol–water partition coefficient (Wildman–Crippen LogP) is 5.16. The van der Waals surface area contributed by atoms with Gasteiger partial charge in [0.05, 0.1) is 35.8 Å². The Morgan fingerprint density at radius 3 is 2.42 bits per heavy atom. The molecule has 0 amide bonds. The highest BCUT2D eigenvalue weighted by Crippen LogP contribution is 2.47. The second kappa shape index (κ2) is 16.7. The fraction of sp³-hybridized carbons (Fsp3) is 0.600. The van der Waals surface area contributed by atoms with Crippen LogP contribution in [0.2, 0.25) is 5.02 Å². The van der Waals surface area contributed by atoms with Crippen LogP contribution in [-0.4, -0.2) is 103 Å². The van der Waals surface area contributed by atoms with E-state index >= 15 is 0 Å². The van der Waals surface area contributed by atoms with Gasteiger partial charge in [-0.3, -0.25) is 9.69 Å². The number of cyclic esters (lactones) is 1. The third-order valence-electron chi connectivity index (χ3n) is 11.1. The molecule has 12 nitrogen and oxygen atoms in total. The van der Waals surface area contributed by atoms with E-state index in [1.54, 1.807) is 26.0 Å². The SMILES string of the molecule is CC[C@H]1OC(=O)[C@H](C)[C@@H](O)[C@H](C)[C@@H](O)[C@](C)(O)C[C@@H](C)CN(CCCNCc2nc3c(o2)-c2cc(Cl)ccc2Oc2ccccc2-3)[C@H](C)[C@@H](O)[C@]1(C)O. The Balaban J connectivity index is 1.31. The smallest absolute Gasteiger partial charge is 0.311 e. The molecular formula is C40H56ClN3O9. The van der Waals surface area contributed by atoms with Gasteiger partial charge in [-0.2, -0.15) is 0 Å². The molecule has 6 N–H and O–H groups in total. The van der Waals surface area contributed by atoms with Gasteiger partial charge in [-0.15, -0.1) is 0 Å². The molecule has 292 valence electrons. The first-order valence-corrected chi connectivity index (χ1v) is 19.0. The summed E-state index contributed by atoms with van der Waals surface area (Å²) in [5.41, 5.74) is -1.21. The highest BCUT2D eigenvalue weighted by Gasteiger charge is 2.47. The lowest BCUT2D eigenvalue weighted by Crippen LogP contribution is -2.59. The Morgan fingerprint density at radius 2 is 1.70 bits per heavy atom. The van der Waals surface area contributed by atoms with E-state index in [2.05, 4.69) is 5.32 Å². The number of nitrogens with zero attached hydrogens (tertiary/aromatic N) is 2. The van der Waals surface area contributed by atoms with Gasteiger partial charge >= 0.3 is 5.97 Å². The van der Waals surface area contributed by atoms with Gasteiger partial charge in [-0.05, 0) is 96.3 Å². The van der Waals surface area contributed by atoms with Gasteiger partial charge in [0, 0.05) is 29.1 Å². The second-order valence-electron chi connectivity index (χ2n) is 15.5. The summed E-state index contributed by atoms with van der Waals surface area (Å²) in [4.78, 5) is 20.1. The van der Waals surface area contributed by atoms with E-state index < -0.39 is 59.5 Å². The first-order valence-electron chi connectivity index (χ1n) is 18.7. The molecular weight excluding hydrogens is 702 g/mol. The summed E-state index contributed by atoms with van der Waals surface area (Å²) in [5.74, 6) is -0.471. The lowest BCUT2D eigenvalue weighted by molar-refractivity contribution is -0.193. The topological polar surface area (TPSA) is 178 Å². The summed E-state index contributed by atoms with van der Waals surface area (Å²) >= 11 is 6.35. The lowest BCUT2D eigenvalue weighted by atomic mass is 9.78. The number of oxazole rings is 1. The Hall–Kier alpha value is -3.07. The van der Waals surface area contributed by atoms with Crippen LogP contribution in [0.4, 0.5) is 0 Å². The zero-order valence-corrected chi connectivity index (χ0v) is 32.5. The largest absolute Gasteiger partial charge is 0.459 e. The van der Waals surface area contributed by atoms with Crippen LogP contribution in [0.1, 0.15) is 73.6 Å². The van der Waals surface area contributed by atoms with Crippen molar-refractivity contribution in [3.8, 4) is 34.1 Å². The third-order valence-corrected chi connectivity index (χ3v) is 11.3. The summed E-state index contributed by atoms with van der Waals surface area (Å²) in [5, 5.41) is 60.9. The minimum atomic E-state index is -1.82. The van der Waals surface area contributed by atoms with Crippen molar-refractivity contribution in [3.05, 3.63) is 53.4 Å². The maximum atomic E-state index is 13.2. The molecule has 0 bridgehead atoms. The second-order valence-corrected chi connectivity index (χ2v) is 16.0. The maximum Gasteiger partial charge on any atom is 0.311 e. The molecule has 5 rings (SSSR count). The molecule has 0 radical (unpaired) electrons. The number of aliphatic hydroxyl groups excluding tert-OH is 3. The predicted molar refractivity (Wildman–Crippen MR) is 201 cm³/mol. The minimum absolute atomic E-state index is 0.162. The highest BCUT2D eigenvalue weighted by molar-refractivity contribution is 6.31. The number of halogens is 1. The van der Waals surface area contributed by atoms with E-state index in [4.69, 9.17) is 30.5 Å². The average molecular weight is 758 g/mol. The van der Waals surface area contributed by atoms with Crippen LogP contribution in [-0.2, 0) is 16.1 Å². The molecule has 0 unspecified atom stereocenters. The van der Waals surface area contributed by atoms with Crippen LogP contribution in [0, 0.1) is 17.8 Å². The molecule has 0 spiro atoms. The van der Waals surface area contributed by atoms with Crippen LogP contribution < -0.4 is 10.1 Å². The molecule has 0 saturated carbocycles. The average Bonchev–Trinajstić information content (AvgIpc) is 3.50. The third kappa shape index (κ3) is 8.92. The van der Waals surface area contributed by atoms with E-state index in [9.17, 15) is 30.3 Å². The number of esters is 1. The number of aliphatic hydroxyl groups is 5. The van der Waals surface area contributed by atoms with E-state index in [0.717, 1.165) is 5.56 Å². The van der Waals surface area contributed by atoms with Gasteiger partial charge in [0.15, 0.2) is 5.76 Å². The number of hydrogen-bond donors (Lipinski definition) is 6. The van der Waals surface area contributed by atoms with Crippen molar-refractivity contribution in [2.45, 2.75) is 116 Å². The van der Waals surface area contributed by atoms with Crippen molar-refractivity contribution in [2.75, 3.05) is 19.6 Å². The van der Waals surface area contributed by atoms with Crippen LogP contribution >= 0.6 is 11.6 Å². The monoisotopic (exact) mass is 757 g/mol. The van der Waals surface area contributed by atoms with Crippen LogP contribution in [0.15, 0.2) is 46.9 Å². The Labute approximate surface area is 317 Å². The number of ether oxygens (including phenoxy) is 2. The molecule has 1 saturated heterocycles. The standard InChI is InChI=1S/C40H56ClN3O9/c1-8-31-40(7,50)37(47)25(5)44(21-22(2)19-39(6,49)36(46)23(3)34(45)24(4)38(48)52-31)17-11-16-42-20-32-43-33-27-12-9-10-13-29(27)51-30-15-14-26(41)18-28(30)35(33)53-32/h9-10,12-15,18,22-25,31,34,36-37,42,45-47,49-50H,8,11,16-17,19-21H2,1-7H3/t22-,23+,24-,25-,31-,34+,36-,37-,39-,40-/m1/s1. The molecule has 53 heavy (non-hydrogen) atoms. The number of rotatable bonds is 7. The first-order chi connectivity index (χ1) is 25.0. The van der Waals surface area contributed by atoms with E-state index in [1.165, 1.54) is 20.8 Å². The van der Waals surface area contributed by atoms with Crippen molar-refractivity contribution in [3.63, 3.8) is 0 Å². The van der Waals surface area contributed by atoms with E-state index in [1.807, 2.05) is 49.1 Å². The summed E-state index contributed by atoms with van der Waals surface area (Å²) in [6.07, 6.45) is -3.97. The molecule has 0 aliphatic carbocycles. The molecule has 3 heterocycles. The first kappa shape index (κ1) is 41.1. The van der Waals surface area contributed by atoms with Crippen LogP contribution in [0.25, 0.3) is 22.6 Å². The van der Waals surface area contributed by atoms with Crippen molar-refractivity contribution in [2.24, 2.45) is 17.8 Å². The number of benzene rings is 2. The van der Waals surface area contributed by atoms with Gasteiger partial charge in [0.2, 0.25) is 5.89 Å². The lowest BCUT2D eigenvalue weighted by Gasteiger charge is -2.43. The quantitative estimate of drug-likeness (QED) is 0.108. The van der Waals surface area contributed by atoms with Gasteiger partial charge in [-0.1, -0.05) is 44.5 Å². The molecule has 2 aliphatic heterocycles. The number of carbonyl (C=O) groups is 1. The number of carbonyl (C=O) groups excluding carboxylic acids is 1. The fourth-order valence-electron chi connectivity index (χ4n) is 7.89. The van der Waals surface area contributed by atoms with E-state index in [-0.39, 0.29) is 18.8 Å². The van der Waals surface area contributed by atoms with Gasteiger partial charge < -0.3 is 44.7 Å². The Morgan fingerprint density at radius 1 is 1.00 bits per heavy atom. The fourth-order valence-corrected chi connectivity index (χ4v) is 8.06. The number of para-hydroxylation sites is 1. The number of aromatic nitrogens is 1. The van der Waals surface area contributed by atoms with Crippen molar-refractivity contribution in [1.82, 2.24) is 15.2 Å². The van der Waals surface area contributed by atoms with Crippen LogP contribution in [0.5, 0.6) is 11.5 Å². The molecule has 3 aromatic rings. The van der Waals surface area contributed by atoms with Crippen molar-refractivity contribution < 1.29 is 44.2 Å². The Kier molecular flexibility index (Phi) is 13.0. The Bertz CT molecular complexity index is 1710. The van der Waals surface area contributed by atoms with Crippen molar-refractivity contribution >= 4 is 17.6 Å². The number of hydrogen-bond acceptors (Lipinski definition) is 12. The summed E-state index contributed by atoms with van der Waals surface area (Å²) in [6, 6.07) is 12.5. The summed E-state index contributed by atoms with van der Waals surface area (Å²) in [7, 11) is 0. The summed E-state index contributed by atoms with van der Waals surface area (Å²) < 4.78 is 18.2. The normalized spacial score (nSPS) is 33.0. The van der Waals surface area contributed by atoms with Crippen molar-refractivity contribution in [1.29, 1.82) is 0 Å².